The number of carboxylic acid groups (broad SMARTS) is 1. The Balaban J connectivity index is 2.59. The van der Waals surface area contributed by atoms with Gasteiger partial charge < -0.3 is 10.4 Å². The van der Waals surface area contributed by atoms with Gasteiger partial charge in [-0.3, -0.25) is 4.79 Å². The van der Waals surface area contributed by atoms with Crippen LogP contribution in [-0.4, -0.2) is 43.5 Å². The second-order valence-electron chi connectivity index (χ2n) is 4.53. The lowest BCUT2D eigenvalue weighted by atomic mass is 10.1. The van der Waals surface area contributed by atoms with Crippen LogP contribution in [0.4, 0.5) is 0 Å². The first-order valence-corrected chi connectivity index (χ1v) is 8.08. The Bertz CT molecular complexity index is 568. The van der Waals surface area contributed by atoms with Crippen LogP contribution in [-0.2, 0) is 25.8 Å². The van der Waals surface area contributed by atoms with Crippen LogP contribution in [0.15, 0.2) is 30.3 Å². The molecular weight excluding hydrogens is 282 g/mol. The molecule has 0 radical (unpaired) electrons. The molecule has 6 nitrogen and oxygen atoms in total. The summed E-state index contributed by atoms with van der Waals surface area (Å²) in [6, 6.07) is 7.82. The van der Waals surface area contributed by atoms with Crippen molar-refractivity contribution in [3.8, 4) is 0 Å². The van der Waals surface area contributed by atoms with E-state index < -0.39 is 27.8 Å². The van der Waals surface area contributed by atoms with Crippen molar-refractivity contribution in [2.45, 2.75) is 18.9 Å². The van der Waals surface area contributed by atoms with Gasteiger partial charge in [-0.15, -0.1) is 0 Å². The summed E-state index contributed by atoms with van der Waals surface area (Å²) < 4.78 is 21.9. The van der Waals surface area contributed by atoms with E-state index in [1.165, 1.54) is 0 Å². The molecule has 1 unspecified atom stereocenters. The number of hydrogen-bond donors (Lipinski definition) is 2. The zero-order chi connectivity index (χ0) is 15.2. The molecule has 0 saturated carbocycles. The van der Waals surface area contributed by atoms with Gasteiger partial charge >= 0.3 is 5.97 Å². The monoisotopic (exact) mass is 299 g/mol. The number of aliphatic carboxylic acids is 1. The van der Waals surface area contributed by atoms with Crippen LogP contribution in [0.1, 0.15) is 12.0 Å². The third-order valence-electron chi connectivity index (χ3n) is 2.62. The molecular formula is C13H17NO5S. The van der Waals surface area contributed by atoms with Crippen molar-refractivity contribution in [3.05, 3.63) is 35.9 Å². The quantitative estimate of drug-likeness (QED) is 0.751. The average molecular weight is 299 g/mol. The molecule has 7 heteroatoms. The first-order chi connectivity index (χ1) is 9.28. The van der Waals surface area contributed by atoms with Crippen LogP contribution in [0.3, 0.4) is 0 Å². The van der Waals surface area contributed by atoms with E-state index in [2.05, 4.69) is 5.32 Å². The van der Waals surface area contributed by atoms with E-state index in [1.807, 2.05) is 6.07 Å². The van der Waals surface area contributed by atoms with Crippen molar-refractivity contribution in [2.24, 2.45) is 0 Å². The van der Waals surface area contributed by atoms with E-state index in [0.717, 1.165) is 11.8 Å². The molecule has 1 atom stereocenters. The highest BCUT2D eigenvalue weighted by Gasteiger charge is 2.20. The molecule has 1 aromatic rings. The predicted octanol–water partition coefficient (Wildman–Crippen LogP) is 0.233. The summed E-state index contributed by atoms with van der Waals surface area (Å²) in [7, 11) is -3.24. The second kappa shape index (κ2) is 7.04. The number of carbonyl (C=O) groups excluding carboxylic acids is 1. The van der Waals surface area contributed by atoms with Crippen molar-refractivity contribution >= 4 is 21.7 Å². The fourth-order valence-electron chi connectivity index (χ4n) is 1.59. The summed E-state index contributed by atoms with van der Waals surface area (Å²) >= 11 is 0. The van der Waals surface area contributed by atoms with Gasteiger partial charge in [0.2, 0.25) is 5.91 Å². The zero-order valence-corrected chi connectivity index (χ0v) is 11.9. The Morgan fingerprint density at radius 3 is 2.35 bits per heavy atom. The van der Waals surface area contributed by atoms with Gasteiger partial charge in [0.05, 0.1) is 5.75 Å². The first-order valence-electron chi connectivity index (χ1n) is 6.02. The molecule has 1 amide bonds. The topological polar surface area (TPSA) is 101 Å². The van der Waals surface area contributed by atoms with Crippen LogP contribution in [0.5, 0.6) is 0 Å². The Morgan fingerprint density at radius 1 is 1.25 bits per heavy atom. The molecule has 1 rings (SSSR count). The van der Waals surface area contributed by atoms with Gasteiger partial charge in [0.1, 0.15) is 15.9 Å². The SMILES string of the molecule is CS(=O)(=O)CCC(=O)NC(Cc1ccccc1)C(=O)O. The average Bonchev–Trinajstić information content (AvgIpc) is 2.36. The van der Waals surface area contributed by atoms with Gasteiger partial charge in [0, 0.05) is 19.1 Å². The maximum absolute atomic E-state index is 11.6. The highest BCUT2D eigenvalue weighted by molar-refractivity contribution is 7.90. The molecule has 0 heterocycles. The van der Waals surface area contributed by atoms with Gasteiger partial charge in [0.15, 0.2) is 0 Å². The number of carboxylic acids is 1. The molecule has 0 spiro atoms. The Hall–Kier alpha value is -1.89. The van der Waals surface area contributed by atoms with Crippen LogP contribution in [0.25, 0.3) is 0 Å². The van der Waals surface area contributed by atoms with Gasteiger partial charge in [-0.2, -0.15) is 0 Å². The number of benzene rings is 1. The van der Waals surface area contributed by atoms with Gasteiger partial charge in [-0.1, -0.05) is 30.3 Å². The van der Waals surface area contributed by atoms with Crippen LogP contribution in [0, 0.1) is 0 Å². The minimum Gasteiger partial charge on any atom is -0.480 e. The molecule has 0 bridgehead atoms. The molecule has 2 N–H and O–H groups in total. The summed E-state index contributed by atoms with van der Waals surface area (Å²) in [5.41, 5.74) is 0.781. The minimum absolute atomic E-state index is 0.154. The summed E-state index contributed by atoms with van der Waals surface area (Å²) in [4.78, 5) is 22.7. The number of amides is 1. The molecule has 110 valence electrons. The molecule has 0 aliphatic rings. The smallest absolute Gasteiger partial charge is 0.326 e. The largest absolute Gasteiger partial charge is 0.480 e. The summed E-state index contributed by atoms with van der Waals surface area (Å²) in [5.74, 6) is -2.03. The number of rotatable bonds is 7. The summed E-state index contributed by atoms with van der Waals surface area (Å²) in [6.45, 7) is 0. The van der Waals surface area contributed by atoms with E-state index >= 15 is 0 Å². The maximum atomic E-state index is 11.6. The predicted molar refractivity (Wildman–Crippen MR) is 74.0 cm³/mol. The minimum atomic E-state index is -3.24. The van der Waals surface area contributed by atoms with E-state index in [-0.39, 0.29) is 18.6 Å². The Kier molecular flexibility index (Phi) is 5.69. The van der Waals surface area contributed by atoms with E-state index in [9.17, 15) is 18.0 Å². The number of carbonyl (C=O) groups is 2. The Morgan fingerprint density at radius 2 is 1.85 bits per heavy atom. The van der Waals surface area contributed by atoms with Crippen molar-refractivity contribution in [3.63, 3.8) is 0 Å². The summed E-state index contributed by atoms with van der Waals surface area (Å²) in [6.07, 6.45) is 0.942. The highest BCUT2D eigenvalue weighted by atomic mass is 32.2. The number of nitrogens with one attached hydrogen (secondary N) is 1. The van der Waals surface area contributed by atoms with E-state index in [4.69, 9.17) is 5.11 Å². The number of hydrogen-bond acceptors (Lipinski definition) is 4. The third kappa shape index (κ3) is 6.33. The summed E-state index contributed by atoms with van der Waals surface area (Å²) in [5, 5.41) is 11.4. The first kappa shape index (κ1) is 16.2. The van der Waals surface area contributed by atoms with Crippen LogP contribution in [0.2, 0.25) is 0 Å². The second-order valence-corrected chi connectivity index (χ2v) is 6.79. The lowest BCUT2D eigenvalue weighted by Crippen LogP contribution is -2.42. The van der Waals surface area contributed by atoms with Gasteiger partial charge in [-0.05, 0) is 5.56 Å². The Labute approximate surface area is 117 Å². The molecule has 0 aliphatic carbocycles. The van der Waals surface area contributed by atoms with Crippen molar-refractivity contribution < 1.29 is 23.1 Å². The third-order valence-corrected chi connectivity index (χ3v) is 3.56. The molecule has 1 aromatic carbocycles. The van der Waals surface area contributed by atoms with Crippen molar-refractivity contribution in [1.29, 1.82) is 0 Å². The fraction of sp³-hybridized carbons (Fsp3) is 0.385. The van der Waals surface area contributed by atoms with Crippen LogP contribution >= 0.6 is 0 Å². The van der Waals surface area contributed by atoms with Gasteiger partial charge in [0.25, 0.3) is 0 Å². The zero-order valence-electron chi connectivity index (χ0n) is 11.1. The van der Waals surface area contributed by atoms with Crippen LogP contribution < -0.4 is 5.32 Å². The lowest BCUT2D eigenvalue weighted by molar-refractivity contribution is -0.141. The highest BCUT2D eigenvalue weighted by Crippen LogP contribution is 2.04. The lowest BCUT2D eigenvalue weighted by Gasteiger charge is -2.14. The fourth-order valence-corrected chi connectivity index (χ4v) is 2.15. The standard InChI is InChI=1S/C13H17NO5S/c1-20(18,19)8-7-12(15)14-11(13(16)17)9-10-5-3-2-4-6-10/h2-6,11H,7-9H2,1H3,(H,14,15)(H,16,17). The molecule has 0 aromatic heterocycles. The maximum Gasteiger partial charge on any atom is 0.326 e. The van der Waals surface area contributed by atoms with Gasteiger partial charge in [-0.25, -0.2) is 13.2 Å². The van der Waals surface area contributed by atoms with E-state index in [1.54, 1.807) is 24.3 Å². The van der Waals surface area contributed by atoms with E-state index in [0.29, 0.717) is 0 Å². The van der Waals surface area contributed by atoms with Crippen molar-refractivity contribution in [1.82, 2.24) is 5.32 Å². The molecule has 0 fully saturated rings. The normalized spacial score (nSPS) is 12.7. The molecule has 0 saturated heterocycles. The number of sulfone groups is 1. The molecule has 20 heavy (non-hydrogen) atoms. The molecule has 0 aliphatic heterocycles. The van der Waals surface area contributed by atoms with Crippen molar-refractivity contribution in [2.75, 3.05) is 12.0 Å².